The summed E-state index contributed by atoms with van der Waals surface area (Å²) in [5, 5.41) is 9.10. The summed E-state index contributed by atoms with van der Waals surface area (Å²) in [5.41, 5.74) is 2.11. The number of hydrogen-bond donors (Lipinski definition) is 1. The third-order valence-electron chi connectivity index (χ3n) is 3.70. The van der Waals surface area contributed by atoms with Gasteiger partial charge in [-0.25, -0.2) is 9.78 Å². The van der Waals surface area contributed by atoms with Crippen LogP contribution < -0.4 is 0 Å². The summed E-state index contributed by atoms with van der Waals surface area (Å²) in [7, 11) is 0. The molecule has 0 atom stereocenters. The van der Waals surface area contributed by atoms with Gasteiger partial charge in [0.15, 0.2) is 0 Å². The lowest BCUT2D eigenvalue weighted by atomic mass is 10.1. The number of aromatic carboxylic acids is 1. The molecule has 1 aromatic heterocycles. The fraction of sp³-hybridized carbons (Fsp3) is 0.529. The van der Waals surface area contributed by atoms with Crippen molar-refractivity contribution in [3.63, 3.8) is 0 Å². The van der Waals surface area contributed by atoms with Crippen LogP contribution in [0.5, 0.6) is 0 Å². The molecule has 0 aliphatic heterocycles. The first-order chi connectivity index (χ1) is 9.90. The first kappa shape index (κ1) is 15.5. The van der Waals surface area contributed by atoms with Gasteiger partial charge in [0.2, 0.25) is 0 Å². The second-order valence-corrected chi connectivity index (χ2v) is 6.32. The highest BCUT2D eigenvalue weighted by Crippen LogP contribution is 2.24. The summed E-state index contributed by atoms with van der Waals surface area (Å²) in [6, 6.07) is 5.21. The molecule has 0 unspecified atom stereocenters. The molecule has 0 fully saturated rings. The van der Waals surface area contributed by atoms with Crippen molar-refractivity contribution in [1.82, 2.24) is 9.55 Å². The van der Waals surface area contributed by atoms with Gasteiger partial charge in [0, 0.05) is 12.5 Å². The lowest BCUT2D eigenvalue weighted by Crippen LogP contribution is -2.06. The van der Waals surface area contributed by atoms with Gasteiger partial charge in [0.05, 0.1) is 16.6 Å². The van der Waals surface area contributed by atoms with E-state index in [9.17, 15) is 4.79 Å². The Balaban J connectivity index is 2.40. The van der Waals surface area contributed by atoms with Crippen molar-refractivity contribution in [3.05, 3.63) is 29.6 Å². The monoisotopic (exact) mass is 288 g/mol. The topological polar surface area (TPSA) is 55.1 Å². The summed E-state index contributed by atoms with van der Waals surface area (Å²) in [6.45, 7) is 9.65. The molecule has 0 bridgehead atoms. The molecular formula is C17H24N2O2. The highest BCUT2D eigenvalue weighted by atomic mass is 16.4. The van der Waals surface area contributed by atoms with Gasteiger partial charge < -0.3 is 9.67 Å². The zero-order valence-corrected chi connectivity index (χ0v) is 13.3. The quantitative estimate of drug-likeness (QED) is 0.862. The van der Waals surface area contributed by atoms with Gasteiger partial charge in [-0.2, -0.15) is 0 Å². The van der Waals surface area contributed by atoms with Crippen LogP contribution in [0.25, 0.3) is 11.0 Å². The van der Waals surface area contributed by atoms with E-state index in [2.05, 4.69) is 37.2 Å². The molecule has 0 spiro atoms. The predicted octanol–water partition coefficient (Wildman–Crippen LogP) is 4.29. The molecule has 21 heavy (non-hydrogen) atoms. The van der Waals surface area contributed by atoms with Crippen molar-refractivity contribution < 1.29 is 9.90 Å². The number of aromatic nitrogens is 2. The minimum Gasteiger partial charge on any atom is -0.478 e. The molecule has 0 radical (unpaired) electrons. The van der Waals surface area contributed by atoms with Gasteiger partial charge in [0.25, 0.3) is 0 Å². The standard InChI is InChI=1S/C17H24N2O2/c1-11(2)6-5-9-19-15-8-7-13(17(20)21)10-14(15)18-16(19)12(3)4/h7-8,10-12H,5-6,9H2,1-4H3,(H,20,21). The number of carbonyl (C=O) groups is 1. The number of rotatable bonds is 6. The Morgan fingerprint density at radius 1 is 1.29 bits per heavy atom. The van der Waals surface area contributed by atoms with Crippen LogP contribution in [0.4, 0.5) is 0 Å². The van der Waals surface area contributed by atoms with E-state index in [-0.39, 0.29) is 0 Å². The smallest absolute Gasteiger partial charge is 0.335 e. The third-order valence-corrected chi connectivity index (χ3v) is 3.70. The number of carboxylic acid groups (broad SMARTS) is 1. The second-order valence-electron chi connectivity index (χ2n) is 6.32. The maximum absolute atomic E-state index is 11.1. The average Bonchev–Trinajstić information content (AvgIpc) is 2.76. The fourth-order valence-electron chi connectivity index (χ4n) is 2.61. The highest BCUT2D eigenvalue weighted by molar-refractivity contribution is 5.92. The molecular weight excluding hydrogens is 264 g/mol. The van der Waals surface area contributed by atoms with Crippen LogP contribution in [0.2, 0.25) is 0 Å². The molecule has 0 amide bonds. The lowest BCUT2D eigenvalue weighted by molar-refractivity contribution is 0.0697. The van der Waals surface area contributed by atoms with Crippen molar-refractivity contribution in [2.24, 2.45) is 5.92 Å². The molecule has 1 N–H and O–H groups in total. The minimum atomic E-state index is -0.905. The summed E-state index contributed by atoms with van der Waals surface area (Å²) < 4.78 is 2.24. The minimum absolute atomic E-state index is 0.296. The van der Waals surface area contributed by atoms with E-state index in [0.717, 1.165) is 29.8 Å². The number of nitrogens with zero attached hydrogens (tertiary/aromatic N) is 2. The zero-order chi connectivity index (χ0) is 15.6. The Hall–Kier alpha value is -1.84. The van der Waals surface area contributed by atoms with Gasteiger partial charge >= 0.3 is 5.97 Å². The van der Waals surface area contributed by atoms with Crippen LogP contribution >= 0.6 is 0 Å². The maximum atomic E-state index is 11.1. The second kappa shape index (κ2) is 6.29. The number of aryl methyl sites for hydroxylation is 1. The molecule has 2 rings (SSSR count). The largest absolute Gasteiger partial charge is 0.478 e. The molecule has 1 aromatic carbocycles. The molecule has 0 saturated carbocycles. The molecule has 114 valence electrons. The first-order valence-corrected chi connectivity index (χ1v) is 7.63. The van der Waals surface area contributed by atoms with Crippen LogP contribution in [0.1, 0.15) is 62.6 Å². The third kappa shape index (κ3) is 3.43. The summed E-state index contributed by atoms with van der Waals surface area (Å²) >= 11 is 0. The fourth-order valence-corrected chi connectivity index (χ4v) is 2.61. The molecule has 1 heterocycles. The van der Waals surface area contributed by atoms with E-state index in [1.807, 2.05) is 6.07 Å². The SMILES string of the molecule is CC(C)CCCn1c(C(C)C)nc2cc(C(=O)O)ccc21. The number of imidazole rings is 1. The van der Waals surface area contributed by atoms with Gasteiger partial charge in [-0.3, -0.25) is 0 Å². The Morgan fingerprint density at radius 2 is 2.00 bits per heavy atom. The Labute approximate surface area is 125 Å². The number of benzene rings is 1. The summed E-state index contributed by atoms with van der Waals surface area (Å²) in [5.74, 6) is 1.15. The van der Waals surface area contributed by atoms with Crippen molar-refractivity contribution in [1.29, 1.82) is 0 Å². The van der Waals surface area contributed by atoms with Gasteiger partial charge in [-0.15, -0.1) is 0 Å². The molecule has 0 saturated heterocycles. The number of hydrogen-bond acceptors (Lipinski definition) is 2. The van der Waals surface area contributed by atoms with Crippen LogP contribution in [0.3, 0.4) is 0 Å². The predicted molar refractivity (Wildman–Crippen MR) is 84.9 cm³/mol. The summed E-state index contributed by atoms with van der Waals surface area (Å²) in [6.07, 6.45) is 2.30. The molecule has 4 heteroatoms. The van der Waals surface area contributed by atoms with Crippen LogP contribution in [-0.2, 0) is 6.54 Å². The first-order valence-electron chi connectivity index (χ1n) is 7.63. The van der Waals surface area contributed by atoms with Crippen molar-refractivity contribution in [3.8, 4) is 0 Å². The molecule has 4 nitrogen and oxygen atoms in total. The van der Waals surface area contributed by atoms with E-state index in [4.69, 9.17) is 5.11 Å². The maximum Gasteiger partial charge on any atom is 0.335 e. The normalized spacial score (nSPS) is 11.7. The van der Waals surface area contributed by atoms with E-state index >= 15 is 0 Å². The van der Waals surface area contributed by atoms with Crippen molar-refractivity contribution in [2.75, 3.05) is 0 Å². The molecule has 0 aliphatic carbocycles. The van der Waals surface area contributed by atoms with E-state index in [1.54, 1.807) is 12.1 Å². The Morgan fingerprint density at radius 3 is 2.57 bits per heavy atom. The Bertz CT molecular complexity index is 642. The van der Waals surface area contributed by atoms with Crippen molar-refractivity contribution in [2.45, 2.75) is 53.0 Å². The Kier molecular flexibility index (Phi) is 4.66. The van der Waals surface area contributed by atoms with E-state index in [1.165, 1.54) is 6.42 Å². The highest BCUT2D eigenvalue weighted by Gasteiger charge is 2.15. The van der Waals surface area contributed by atoms with Crippen LogP contribution in [-0.4, -0.2) is 20.6 Å². The van der Waals surface area contributed by atoms with Crippen LogP contribution in [0, 0.1) is 5.92 Å². The van der Waals surface area contributed by atoms with Gasteiger partial charge in [-0.1, -0.05) is 27.7 Å². The lowest BCUT2D eigenvalue weighted by Gasteiger charge is -2.12. The molecule has 2 aromatic rings. The number of fused-ring (bicyclic) bond motifs is 1. The zero-order valence-electron chi connectivity index (χ0n) is 13.3. The van der Waals surface area contributed by atoms with Crippen molar-refractivity contribution >= 4 is 17.0 Å². The van der Waals surface area contributed by atoms with E-state index in [0.29, 0.717) is 17.4 Å². The molecule has 0 aliphatic rings. The average molecular weight is 288 g/mol. The summed E-state index contributed by atoms with van der Waals surface area (Å²) in [4.78, 5) is 15.7. The number of carboxylic acids is 1. The van der Waals surface area contributed by atoms with Gasteiger partial charge in [0.1, 0.15) is 5.82 Å². The van der Waals surface area contributed by atoms with Gasteiger partial charge in [-0.05, 0) is 37.0 Å². The van der Waals surface area contributed by atoms with E-state index < -0.39 is 5.97 Å². The van der Waals surface area contributed by atoms with Crippen LogP contribution in [0.15, 0.2) is 18.2 Å².